The summed E-state index contributed by atoms with van der Waals surface area (Å²) in [5.74, 6) is 0.955. The Balaban J connectivity index is 1.35. The molecule has 7 nitrogen and oxygen atoms in total. The van der Waals surface area contributed by atoms with Crippen molar-refractivity contribution in [2.24, 2.45) is 11.8 Å². The van der Waals surface area contributed by atoms with Crippen LogP contribution in [0.15, 0.2) is 30.3 Å². The fourth-order valence-corrected chi connectivity index (χ4v) is 6.16. The van der Waals surface area contributed by atoms with Crippen LogP contribution in [-0.4, -0.2) is 45.4 Å². The molecule has 2 aromatic rings. The molecule has 2 bridgehead atoms. The molecule has 3 aliphatic rings. The number of benzene rings is 1. The van der Waals surface area contributed by atoms with Gasteiger partial charge in [-0.15, -0.1) is 10.2 Å². The zero-order chi connectivity index (χ0) is 24.1. The normalized spacial score (nSPS) is 30.5. The number of amides is 1. The quantitative estimate of drug-likeness (QED) is 0.484. The number of carbonyl (C=O) groups excluding carboxylic acids is 1. The number of nitrogens with one attached hydrogen (secondary N) is 3. The first kappa shape index (κ1) is 22.8. The SMILES string of the molecule is CNC(=O)/C=C/c1cc(O)c(-c2ccc(NC3CC4(C)CCC(C)(N4)C3C3CC3)nn2)cc1F. The average Bonchev–Trinajstić information content (AvgIpc) is 3.59. The molecule has 3 heterocycles. The van der Waals surface area contributed by atoms with Crippen LogP contribution < -0.4 is 16.0 Å². The monoisotopic (exact) mass is 465 g/mol. The van der Waals surface area contributed by atoms with Gasteiger partial charge in [-0.3, -0.25) is 4.79 Å². The Bertz CT molecular complexity index is 1130. The highest BCUT2D eigenvalue weighted by Gasteiger charge is 2.58. The molecule has 0 spiro atoms. The topological polar surface area (TPSA) is 99.2 Å². The van der Waals surface area contributed by atoms with Gasteiger partial charge in [-0.2, -0.15) is 0 Å². The number of aromatic nitrogens is 2. The third-order valence-corrected chi connectivity index (χ3v) is 7.80. The van der Waals surface area contributed by atoms with Gasteiger partial charge in [0.25, 0.3) is 0 Å². The van der Waals surface area contributed by atoms with E-state index in [4.69, 9.17) is 0 Å². The fraction of sp³-hybridized carbons (Fsp3) is 0.500. The van der Waals surface area contributed by atoms with E-state index < -0.39 is 5.82 Å². The van der Waals surface area contributed by atoms with Crippen molar-refractivity contribution in [3.05, 3.63) is 41.7 Å². The minimum Gasteiger partial charge on any atom is -0.507 e. The van der Waals surface area contributed by atoms with E-state index in [0.717, 1.165) is 12.3 Å². The summed E-state index contributed by atoms with van der Waals surface area (Å²) in [6.07, 6.45) is 8.55. The maximum absolute atomic E-state index is 14.6. The predicted molar refractivity (Wildman–Crippen MR) is 130 cm³/mol. The van der Waals surface area contributed by atoms with Gasteiger partial charge in [0.05, 0.1) is 5.69 Å². The van der Waals surface area contributed by atoms with Crippen molar-refractivity contribution in [1.82, 2.24) is 20.8 Å². The van der Waals surface area contributed by atoms with Gasteiger partial charge in [-0.1, -0.05) is 0 Å². The van der Waals surface area contributed by atoms with Crippen LogP contribution in [0.4, 0.5) is 10.2 Å². The fourth-order valence-electron chi connectivity index (χ4n) is 6.16. The summed E-state index contributed by atoms with van der Waals surface area (Å²) < 4.78 is 14.6. The van der Waals surface area contributed by atoms with Crippen LogP contribution in [0.5, 0.6) is 5.75 Å². The molecule has 2 saturated heterocycles. The molecule has 180 valence electrons. The van der Waals surface area contributed by atoms with Crippen molar-refractivity contribution < 1.29 is 14.3 Å². The van der Waals surface area contributed by atoms with E-state index in [2.05, 4.69) is 40.0 Å². The first-order valence-electron chi connectivity index (χ1n) is 12.0. The second-order valence-corrected chi connectivity index (χ2v) is 10.6. The molecule has 1 aliphatic carbocycles. The minimum absolute atomic E-state index is 0.116. The van der Waals surface area contributed by atoms with E-state index in [-0.39, 0.29) is 33.9 Å². The van der Waals surface area contributed by atoms with Crippen molar-refractivity contribution in [2.75, 3.05) is 12.4 Å². The molecule has 1 saturated carbocycles. The predicted octanol–water partition coefficient (Wildman–Crippen LogP) is 3.86. The lowest BCUT2D eigenvalue weighted by Gasteiger charge is -2.49. The van der Waals surface area contributed by atoms with E-state index in [1.807, 2.05) is 6.07 Å². The van der Waals surface area contributed by atoms with E-state index in [1.165, 1.54) is 57.0 Å². The Labute approximate surface area is 199 Å². The minimum atomic E-state index is -0.559. The second-order valence-electron chi connectivity index (χ2n) is 10.6. The Morgan fingerprint density at radius 1 is 1.24 bits per heavy atom. The third-order valence-electron chi connectivity index (χ3n) is 7.80. The highest BCUT2D eigenvalue weighted by Crippen LogP contribution is 2.54. The van der Waals surface area contributed by atoms with Gasteiger partial charge < -0.3 is 21.1 Å². The molecule has 8 heteroatoms. The number of aromatic hydroxyl groups is 1. The van der Waals surface area contributed by atoms with Gasteiger partial charge >= 0.3 is 0 Å². The molecule has 2 aliphatic heterocycles. The summed E-state index contributed by atoms with van der Waals surface area (Å²) in [5.41, 5.74) is 1.04. The lowest BCUT2D eigenvalue weighted by atomic mass is 9.72. The third kappa shape index (κ3) is 4.27. The summed E-state index contributed by atoms with van der Waals surface area (Å²) in [6, 6.07) is 6.41. The van der Waals surface area contributed by atoms with Crippen LogP contribution in [0.1, 0.15) is 51.5 Å². The molecule has 34 heavy (non-hydrogen) atoms. The number of anilines is 1. The zero-order valence-corrected chi connectivity index (χ0v) is 19.9. The summed E-state index contributed by atoms with van der Waals surface area (Å²) in [4.78, 5) is 11.4. The zero-order valence-electron chi connectivity index (χ0n) is 19.9. The largest absolute Gasteiger partial charge is 0.507 e. The molecule has 0 radical (unpaired) electrons. The number of piperidine rings is 1. The molecule has 1 aromatic carbocycles. The van der Waals surface area contributed by atoms with Crippen molar-refractivity contribution >= 4 is 17.8 Å². The standard InChI is InChI=1S/C26H32FN5O2/c1-25-10-11-26(2,32-25)24(15-4-5-15)20(14-25)29-22-8-7-19(30-31-22)17-13-18(27)16(12-21(17)33)6-9-23(34)28-3/h6-9,12-13,15,20,24,32-33H,4-5,10-11,14H2,1-3H3,(H,28,34)(H,29,31)/b9-6+. The van der Waals surface area contributed by atoms with Crippen LogP contribution in [-0.2, 0) is 4.79 Å². The van der Waals surface area contributed by atoms with Gasteiger partial charge in [0.15, 0.2) is 0 Å². The van der Waals surface area contributed by atoms with Crippen LogP contribution in [0.2, 0.25) is 0 Å². The molecule has 3 fully saturated rings. The van der Waals surface area contributed by atoms with Gasteiger partial charge in [0.2, 0.25) is 5.91 Å². The molecule has 4 N–H and O–H groups in total. The van der Waals surface area contributed by atoms with Crippen molar-refractivity contribution in [3.8, 4) is 17.0 Å². The highest BCUT2D eigenvalue weighted by molar-refractivity contribution is 5.91. The first-order chi connectivity index (χ1) is 16.2. The number of fused-ring (bicyclic) bond motifs is 2. The summed E-state index contributed by atoms with van der Waals surface area (Å²) in [5, 5.41) is 29.1. The van der Waals surface area contributed by atoms with E-state index in [9.17, 15) is 14.3 Å². The number of halogens is 1. The summed E-state index contributed by atoms with van der Waals surface area (Å²) in [7, 11) is 1.49. The van der Waals surface area contributed by atoms with Crippen molar-refractivity contribution in [3.63, 3.8) is 0 Å². The lowest BCUT2D eigenvalue weighted by Crippen LogP contribution is -2.63. The molecule has 1 aromatic heterocycles. The Hall–Kier alpha value is -3.00. The molecular weight excluding hydrogens is 433 g/mol. The van der Waals surface area contributed by atoms with Crippen LogP contribution in [0, 0.1) is 17.7 Å². The van der Waals surface area contributed by atoms with E-state index in [0.29, 0.717) is 23.5 Å². The van der Waals surface area contributed by atoms with Crippen molar-refractivity contribution in [2.45, 2.75) is 63.1 Å². The Morgan fingerprint density at radius 3 is 2.71 bits per heavy atom. The lowest BCUT2D eigenvalue weighted by molar-refractivity contribution is -0.115. The molecular formula is C26H32FN5O2. The maximum Gasteiger partial charge on any atom is 0.243 e. The van der Waals surface area contributed by atoms with Crippen LogP contribution in [0.3, 0.4) is 0 Å². The Morgan fingerprint density at radius 2 is 2.03 bits per heavy atom. The van der Waals surface area contributed by atoms with Crippen LogP contribution in [0.25, 0.3) is 17.3 Å². The summed E-state index contributed by atoms with van der Waals surface area (Å²) >= 11 is 0. The number of phenols is 1. The first-order valence-corrected chi connectivity index (χ1v) is 12.0. The number of rotatable bonds is 6. The van der Waals surface area contributed by atoms with E-state index in [1.54, 1.807) is 6.07 Å². The number of phenolic OH excluding ortho intramolecular Hbond substituents is 1. The maximum atomic E-state index is 14.6. The summed E-state index contributed by atoms with van der Waals surface area (Å²) in [6.45, 7) is 4.68. The number of likely N-dealkylation sites (N-methyl/N-ethyl adjacent to an activating group) is 1. The number of nitrogens with zero attached hydrogens (tertiary/aromatic N) is 2. The molecule has 5 rings (SSSR count). The van der Waals surface area contributed by atoms with E-state index >= 15 is 0 Å². The number of carbonyl (C=O) groups is 1. The van der Waals surface area contributed by atoms with Gasteiger partial charge in [-0.25, -0.2) is 4.39 Å². The smallest absolute Gasteiger partial charge is 0.243 e. The number of hydrogen-bond acceptors (Lipinski definition) is 6. The van der Waals surface area contributed by atoms with Gasteiger partial charge in [0.1, 0.15) is 17.4 Å². The Kier molecular flexibility index (Phi) is 5.59. The highest BCUT2D eigenvalue weighted by atomic mass is 19.1. The van der Waals surface area contributed by atoms with Gasteiger partial charge in [-0.05, 0) is 88.1 Å². The average molecular weight is 466 g/mol. The van der Waals surface area contributed by atoms with Crippen molar-refractivity contribution in [1.29, 1.82) is 0 Å². The molecule has 1 amide bonds. The van der Waals surface area contributed by atoms with Gasteiger partial charge in [0, 0.05) is 41.4 Å². The molecule has 4 unspecified atom stereocenters. The second kappa shape index (κ2) is 8.34. The molecule has 4 atom stereocenters. The number of hydrogen-bond donors (Lipinski definition) is 4. The van der Waals surface area contributed by atoms with Crippen LogP contribution >= 0.6 is 0 Å².